The largest absolute Gasteiger partial charge is 0.405 e. The summed E-state index contributed by atoms with van der Waals surface area (Å²) in [7, 11) is -2.63. The highest BCUT2D eigenvalue weighted by Crippen LogP contribution is 2.38. The fourth-order valence-corrected chi connectivity index (χ4v) is 9.23. The Labute approximate surface area is 188 Å². The zero-order valence-electron chi connectivity index (χ0n) is 19.6. The molecule has 1 fully saturated rings. The van der Waals surface area contributed by atoms with E-state index < -0.39 is 14.1 Å². The van der Waals surface area contributed by atoms with Crippen LogP contribution < -0.4 is 10.4 Å². The number of rotatable bonds is 7. The van der Waals surface area contributed by atoms with Gasteiger partial charge in [-0.15, -0.1) is 0 Å². The Morgan fingerprint density at radius 3 is 2.00 bits per heavy atom. The van der Waals surface area contributed by atoms with E-state index in [1.54, 1.807) is 0 Å². The maximum atomic E-state index is 11.4. The maximum absolute atomic E-state index is 11.4. The standard InChI is InChI=1S/C26H36O4Si/c1-20(18-27)24-17-21(29-26(5,6)30-24)19-28-31(25(2,3)4,22-13-9-7-10-14-22)23-15-11-8-12-16-23/h7-16,18,20-21,24H,17,19H2,1-6H3/t20-,21+,24+/m1/s1. The van der Waals surface area contributed by atoms with Crippen molar-refractivity contribution in [2.45, 2.75) is 71.0 Å². The summed E-state index contributed by atoms with van der Waals surface area (Å²) in [6.07, 6.45) is 1.29. The van der Waals surface area contributed by atoms with E-state index in [4.69, 9.17) is 13.9 Å². The Bertz CT molecular complexity index is 805. The minimum atomic E-state index is -2.63. The Morgan fingerprint density at radius 1 is 1.03 bits per heavy atom. The average Bonchev–Trinajstić information content (AvgIpc) is 2.73. The lowest BCUT2D eigenvalue weighted by molar-refractivity contribution is -0.307. The number of ether oxygens (including phenoxy) is 2. The molecule has 0 saturated carbocycles. The molecule has 0 bridgehead atoms. The second-order valence-electron chi connectivity index (χ2n) is 10.0. The van der Waals surface area contributed by atoms with E-state index in [0.717, 1.165) is 6.29 Å². The Kier molecular flexibility index (Phi) is 7.21. The van der Waals surface area contributed by atoms with Crippen LogP contribution in [0.4, 0.5) is 0 Å². The van der Waals surface area contributed by atoms with Gasteiger partial charge in [-0.2, -0.15) is 0 Å². The SMILES string of the molecule is C[C@H](C=O)[C@@H]1C[C@@H](CO[Si](c2ccccc2)(c2ccccc2)C(C)(C)C)OC(C)(C)O1. The van der Waals surface area contributed by atoms with Gasteiger partial charge in [0.15, 0.2) is 5.79 Å². The molecule has 1 aliphatic heterocycles. The van der Waals surface area contributed by atoms with Gasteiger partial charge >= 0.3 is 0 Å². The molecule has 4 nitrogen and oxygen atoms in total. The smallest absolute Gasteiger partial charge is 0.261 e. The molecule has 5 heteroatoms. The van der Waals surface area contributed by atoms with Gasteiger partial charge in [-0.25, -0.2) is 0 Å². The van der Waals surface area contributed by atoms with Crippen LogP contribution in [0.25, 0.3) is 0 Å². The fourth-order valence-electron chi connectivity index (χ4n) is 4.64. The molecule has 31 heavy (non-hydrogen) atoms. The van der Waals surface area contributed by atoms with E-state index in [1.807, 2.05) is 32.9 Å². The summed E-state index contributed by atoms with van der Waals surface area (Å²) in [6, 6.07) is 21.2. The van der Waals surface area contributed by atoms with Crippen LogP contribution in [0, 0.1) is 5.92 Å². The molecular weight excluding hydrogens is 404 g/mol. The molecule has 1 heterocycles. The number of aldehydes is 1. The van der Waals surface area contributed by atoms with Gasteiger partial charge in [0.25, 0.3) is 8.32 Å². The van der Waals surface area contributed by atoms with Crippen molar-refractivity contribution in [1.82, 2.24) is 0 Å². The summed E-state index contributed by atoms with van der Waals surface area (Å²) in [5.41, 5.74) is 0. The van der Waals surface area contributed by atoms with Crippen LogP contribution in [0.1, 0.15) is 48.0 Å². The molecule has 2 aromatic carbocycles. The molecule has 3 rings (SSSR count). The van der Waals surface area contributed by atoms with E-state index in [0.29, 0.717) is 13.0 Å². The number of carbonyl (C=O) groups excluding carboxylic acids is 1. The Balaban J connectivity index is 1.97. The molecule has 1 aliphatic rings. The van der Waals surface area contributed by atoms with Gasteiger partial charge in [0.05, 0.1) is 18.8 Å². The second-order valence-corrected chi connectivity index (χ2v) is 14.3. The van der Waals surface area contributed by atoms with Crippen LogP contribution in [0.15, 0.2) is 60.7 Å². The van der Waals surface area contributed by atoms with Gasteiger partial charge in [-0.05, 0) is 29.3 Å². The molecule has 0 N–H and O–H groups in total. The third-order valence-corrected chi connectivity index (χ3v) is 11.1. The summed E-state index contributed by atoms with van der Waals surface area (Å²) < 4.78 is 19.3. The molecule has 0 spiro atoms. The lowest BCUT2D eigenvalue weighted by Gasteiger charge is -2.46. The quantitative estimate of drug-likeness (QED) is 0.475. The van der Waals surface area contributed by atoms with Crippen molar-refractivity contribution >= 4 is 25.0 Å². The molecule has 3 atom stereocenters. The van der Waals surface area contributed by atoms with Gasteiger partial charge in [0.2, 0.25) is 0 Å². The van der Waals surface area contributed by atoms with Gasteiger partial charge in [0.1, 0.15) is 6.29 Å². The average molecular weight is 441 g/mol. The summed E-state index contributed by atoms with van der Waals surface area (Å²) in [6.45, 7) is 13.0. The third kappa shape index (κ3) is 5.17. The van der Waals surface area contributed by atoms with E-state index >= 15 is 0 Å². The summed E-state index contributed by atoms with van der Waals surface area (Å²) in [4.78, 5) is 11.4. The molecule has 0 radical (unpaired) electrons. The zero-order chi connectivity index (χ0) is 22.7. The predicted octanol–water partition coefficient (Wildman–Crippen LogP) is 4.31. The minimum Gasteiger partial charge on any atom is -0.405 e. The first-order valence-electron chi connectivity index (χ1n) is 11.1. The molecule has 1 saturated heterocycles. The molecule has 0 unspecified atom stereocenters. The number of carbonyl (C=O) groups is 1. The van der Waals surface area contributed by atoms with Crippen LogP contribution in [-0.2, 0) is 18.7 Å². The number of hydrogen-bond donors (Lipinski definition) is 0. The lowest BCUT2D eigenvalue weighted by atomic mass is 9.98. The van der Waals surface area contributed by atoms with Gasteiger partial charge in [-0.3, -0.25) is 0 Å². The van der Waals surface area contributed by atoms with E-state index in [-0.39, 0.29) is 23.2 Å². The molecular formula is C26H36O4Si. The Morgan fingerprint density at radius 2 is 1.55 bits per heavy atom. The minimum absolute atomic E-state index is 0.0914. The van der Waals surface area contributed by atoms with E-state index in [9.17, 15) is 4.79 Å². The van der Waals surface area contributed by atoms with Crippen molar-refractivity contribution in [3.63, 3.8) is 0 Å². The highest BCUT2D eigenvalue weighted by atomic mass is 28.4. The monoisotopic (exact) mass is 440 g/mol. The van der Waals surface area contributed by atoms with Crippen LogP contribution in [0.2, 0.25) is 5.04 Å². The van der Waals surface area contributed by atoms with Gasteiger partial charge in [0, 0.05) is 12.3 Å². The van der Waals surface area contributed by atoms with Crippen LogP contribution in [0.3, 0.4) is 0 Å². The zero-order valence-corrected chi connectivity index (χ0v) is 20.6. The van der Waals surface area contributed by atoms with Gasteiger partial charge < -0.3 is 18.7 Å². The number of benzene rings is 2. The van der Waals surface area contributed by atoms with Crippen LogP contribution >= 0.6 is 0 Å². The molecule has 0 aromatic heterocycles. The molecule has 0 aliphatic carbocycles. The maximum Gasteiger partial charge on any atom is 0.261 e. The predicted molar refractivity (Wildman–Crippen MR) is 127 cm³/mol. The first kappa shape index (κ1) is 23.9. The third-order valence-electron chi connectivity index (χ3n) is 6.08. The topological polar surface area (TPSA) is 44.8 Å². The van der Waals surface area contributed by atoms with Crippen molar-refractivity contribution in [3.05, 3.63) is 60.7 Å². The van der Waals surface area contributed by atoms with Crippen molar-refractivity contribution in [2.24, 2.45) is 5.92 Å². The van der Waals surface area contributed by atoms with E-state index in [1.165, 1.54) is 10.4 Å². The molecule has 0 amide bonds. The van der Waals surface area contributed by atoms with Crippen molar-refractivity contribution in [2.75, 3.05) is 6.61 Å². The van der Waals surface area contributed by atoms with E-state index in [2.05, 4.69) is 69.3 Å². The first-order valence-corrected chi connectivity index (χ1v) is 13.1. The summed E-state index contributed by atoms with van der Waals surface area (Å²) in [5, 5.41) is 2.40. The van der Waals surface area contributed by atoms with Crippen molar-refractivity contribution in [1.29, 1.82) is 0 Å². The highest BCUT2D eigenvalue weighted by molar-refractivity contribution is 6.99. The molecule has 168 valence electrons. The van der Waals surface area contributed by atoms with Crippen LogP contribution in [-0.4, -0.2) is 39.2 Å². The summed E-state index contributed by atoms with van der Waals surface area (Å²) >= 11 is 0. The lowest BCUT2D eigenvalue weighted by Crippen LogP contribution is -2.67. The highest BCUT2D eigenvalue weighted by Gasteiger charge is 2.51. The molecule has 2 aromatic rings. The Hall–Kier alpha value is -1.79. The fraction of sp³-hybridized carbons (Fsp3) is 0.500. The number of hydrogen-bond acceptors (Lipinski definition) is 4. The van der Waals surface area contributed by atoms with Crippen molar-refractivity contribution in [3.8, 4) is 0 Å². The second kappa shape index (κ2) is 9.37. The first-order chi connectivity index (χ1) is 14.6. The summed E-state index contributed by atoms with van der Waals surface area (Å²) in [5.74, 6) is -0.932. The van der Waals surface area contributed by atoms with Crippen molar-refractivity contribution < 1.29 is 18.7 Å². The van der Waals surface area contributed by atoms with Crippen LogP contribution in [0.5, 0.6) is 0 Å². The normalized spacial score (nSPS) is 22.6. The van der Waals surface area contributed by atoms with Gasteiger partial charge in [-0.1, -0.05) is 88.4 Å².